The van der Waals surface area contributed by atoms with Crippen molar-refractivity contribution in [2.24, 2.45) is 17.8 Å². The van der Waals surface area contributed by atoms with Crippen molar-refractivity contribution in [2.75, 3.05) is 0 Å². The van der Waals surface area contributed by atoms with Gasteiger partial charge in [-0.05, 0) is 80.8 Å². The number of hydrogen-bond acceptors (Lipinski definition) is 0. The molecule has 1 fully saturated rings. The first-order valence-electron chi connectivity index (χ1n) is 10.9. The zero-order valence-electron chi connectivity index (χ0n) is 16.7. The molecule has 0 aliphatic heterocycles. The Hall–Kier alpha value is -1.44. The molecule has 0 aromatic heterocycles. The summed E-state index contributed by atoms with van der Waals surface area (Å²) in [6, 6.07) is 6.88. The highest BCUT2D eigenvalue weighted by atomic mass is 19.3. The molecule has 2 heteroatoms. The van der Waals surface area contributed by atoms with Gasteiger partial charge in [0.25, 0.3) is 6.43 Å². The van der Waals surface area contributed by atoms with Crippen molar-refractivity contribution in [3.8, 4) is 0 Å². The third-order valence-electron chi connectivity index (χ3n) is 6.76. The van der Waals surface area contributed by atoms with Gasteiger partial charge in [-0.1, -0.05) is 61.8 Å². The van der Waals surface area contributed by atoms with Crippen molar-refractivity contribution < 1.29 is 8.78 Å². The van der Waals surface area contributed by atoms with Gasteiger partial charge < -0.3 is 0 Å². The van der Waals surface area contributed by atoms with E-state index in [1.54, 1.807) is 12.1 Å². The minimum Gasteiger partial charge on any atom is -0.205 e. The minimum absolute atomic E-state index is 0.121. The van der Waals surface area contributed by atoms with E-state index in [-0.39, 0.29) is 5.56 Å². The lowest BCUT2D eigenvalue weighted by Gasteiger charge is -2.35. The van der Waals surface area contributed by atoms with Gasteiger partial charge in [0, 0.05) is 5.56 Å². The van der Waals surface area contributed by atoms with Crippen molar-refractivity contribution in [1.29, 1.82) is 0 Å². The average Bonchev–Trinajstić information content (AvgIpc) is 2.72. The average molecular weight is 373 g/mol. The number of hydrogen-bond donors (Lipinski definition) is 0. The van der Waals surface area contributed by atoms with Crippen LogP contribution in [0.1, 0.15) is 88.7 Å². The maximum absolute atomic E-state index is 12.7. The summed E-state index contributed by atoms with van der Waals surface area (Å²) in [6.45, 7) is 2.10. The molecule has 0 nitrogen and oxygen atoms in total. The molecular formula is C25H34F2. The number of halogens is 2. The zero-order chi connectivity index (χ0) is 19.1. The van der Waals surface area contributed by atoms with Crippen LogP contribution in [0.25, 0.3) is 5.57 Å². The van der Waals surface area contributed by atoms with E-state index >= 15 is 0 Å². The van der Waals surface area contributed by atoms with E-state index in [1.807, 2.05) is 12.1 Å². The maximum Gasteiger partial charge on any atom is 0.263 e. The first kappa shape index (κ1) is 20.3. The van der Waals surface area contributed by atoms with E-state index in [4.69, 9.17) is 0 Å². The molecule has 0 spiro atoms. The van der Waals surface area contributed by atoms with Crippen LogP contribution in [0.15, 0.2) is 42.5 Å². The van der Waals surface area contributed by atoms with Gasteiger partial charge in [0.1, 0.15) is 0 Å². The fourth-order valence-electron chi connectivity index (χ4n) is 5.03. The Morgan fingerprint density at radius 3 is 2.33 bits per heavy atom. The number of rotatable bonds is 7. The standard InChI is InChI=1S/C25H34F2/c1-2-3-4-5-6-19-7-9-20(10-8-19)21-11-13-22(14-12-21)23-15-17-24(18-16-23)25(26)27/h2-3,13,15-21,25H,4-12,14H2,1H3/b3-2+. The molecule has 0 heterocycles. The Balaban J connectivity index is 1.45. The van der Waals surface area contributed by atoms with Crippen LogP contribution in [0.2, 0.25) is 0 Å². The highest BCUT2D eigenvalue weighted by Crippen LogP contribution is 2.42. The summed E-state index contributed by atoms with van der Waals surface area (Å²) in [5.74, 6) is 2.68. The molecule has 0 radical (unpaired) electrons. The summed E-state index contributed by atoms with van der Waals surface area (Å²) in [5.41, 5.74) is 2.60. The molecule has 1 unspecified atom stereocenters. The molecule has 2 aliphatic rings. The summed E-state index contributed by atoms with van der Waals surface area (Å²) in [7, 11) is 0. The molecule has 1 aromatic carbocycles. The summed E-state index contributed by atoms with van der Waals surface area (Å²) in [5, 5.41) is 0. The number of unbranched alkanes of at least 4 members (excludes halogenated alkanes) is 1. The smallest absolute Gasteiger partial charge is 0.205 e. The molecule has 1 saturated carbocycles. The van der Waals surface area contributed by atoms with Crippen LogP contribution in [-0.4, -0.2) is 0 Å². The lowest BCUT2D eigenvalue weighted by molar-refractivity contribution is 0.151. The van der Waals surface area contributed by atoms with Crippen molar-refractivity contribution in [2.45, 2.75) is 77.6 Å². The van der Waals surface area contributed by atoms with Crippen molar-refractivity contribution >= 4 is 5.57 Å². The number of alkyl halides is 2. The highest BCUT2D eigenvalue weighted by molar-refractivity contribution is 5.66. The summed E-state index contributed by atoms with van der Waals surface area (Å²) >= 11 is 0. The monoisotopic (exact) mass is 372 g/mol. The number of allylic oxidation sites excluding steroid dienone is 4. The Morgan fingerprint density at radius 1 is 1.00 bits per heavy atom. The summed E-state index contributed by atoms with van der Waals surface area (Å²) in [4.78, 5) is 0. The number of benzene rings is 1. The van der Waals surface area contributed by atoms with Gasteiger partial charge in [-0.15, -0.1) is 0 Å². The van der Waals surface area contributed by atoms with Crippen LogP contribution in [-0.2, 0) is 0 Å². The van der Waals surface area contributed by atoms with E-state index in [0.29, 0.717) is 0 Å². The van der Waals surface area contributed by atoms with Gasteiger partial charge in [-0.25, -0.2) is 8.78 Å². The molecule has 148 valence electrons. The highest BCUT2D eigenvalue weighted by Gasteiger charge is 2.28. The molecule has 0 bridgehead atoms. The lowest BCUT2D eigenvalue weighted by Crippen LogP contribution is -2.23. The van der Waals surface area contributed by atoms with Crippen LogP contribution < -0.4 is 0 Å². The van der Waals surface area contributed by atoms with E-state index in [2.05, 4.69) is 25.2 Å². The van der Waals surface area contributed by atoms with Crippen LogP contribution in [0.4, 0.5) is 8.78 Å². The second-order valence-electron chi connectivity index (χ2n) is 8.47. The Bertz CT molecular complexity index is 618. The zero-order valence-corrected chi connectivity index (χ0v) is 16.7. The van der Waals surface area contributed by atoms with Gasteiger partial charge in [0.05, 0.1) is 0 Å². The first-order valence-corrected chi connectivity index (χ1v) is 10.9. The summed E-state index contributed by atoms with van der Waals surface area (Å²) < 4.78 is 25.4. The van der Waals surface area contributed by atoms with Gasteiger partial charge >= 0.3 is 0 Å². The molecule has 3 rings (SSSR count). The Morgan fingerprint density at radius 2 is 1.74 bits per heavy atom. The van der Waals surface area contributed by atoms with Gasteiger partial charge in [-0.2, -0.15) is 0 Å². The third-order valence-corrected chi connectivity index (χ3v) is 6.76. The van der Waals surface area contributed by atoms with Crippen molar-refractivity contribution in [3.63, 3.8) is 0 Å². The Kier molecular flexibility index (Phi) is 7.67. The SMILES string of the molecule is C/C=C/CCCC1CCC(C2CC=C(c3ccc(C(F)F)cc3)CC2)CC1. The molecular weight excluding hydrogens is 338 g/mol. The topological polar surface area (TPSA) is 0 Å². The quantitative estimate of drug-likeness (QED) is 0.333. The predicted molar refractivity (Wildman–Crippen MR) is 111 cm³/mol. The largest absolute Gasteiger partial charge is 0.263 e. The second-order valence-corrected chi connectivity index (χ2v) is 8.47. The van der Waals surface area contributed by atoms with Crippen LogP contribution in [0.5, 0.6) is 0 Å². The molecule has 1 atom stereocenters. The fraction of sp³-hybridized carbons (Fsp3) is 0.600. The normalized spacial score (nSPS) is 26.5. The van der Waals surface area contributed by atoms with Gasteiger partial charge in [0.2, 0.25) is 0 Å². The summed E-state index contributed by atoms with van der Waals surface area (Å²) in [6.07, 6.45) is 17.6. The molecule has 2 aliphatic carbocycles. The van der Waals surface area contributed by atoms with Crippen LogP contribution >= 0.6 is 0 Å². The third kappa shape index (κ3) is 5.77. The fourth-order valence-corrected chi connectivity index (χ4v) is 5.03. The first-order chi connectivity index (χ1) is 13.2. The maximum atomic E-state index is 12.7. The predicted octanol–water partition coefficient (Wildman–Crippen LogP) is 8.36. The van der Waals surface area contributed by atoms with Crippen LogP contribution in [0, 0.1) is 17.8 Å². The van der Waals surface area contributed by atoms with E-state index in [0.717, 1.165) is 29.7 Å². The van der Waals surface area contributed by atoms with Crippen LogP contribution in [0.3, 0.4) is 0 Å². The molecule has 0 amide bonds. The molecule has 0 saturated heterocycles. The van der Waals surface area contributed by atoms with E-state index < -0.39 is 6.43 Å². The van der Waals surface area contributed by atoms with E-state index in [9.17, 15) is 8.78 Å². The Labute approximate surface area is 163 Å². The molecule has 0 N–H and O–H groups in total. The van der Waals surface area contributed by atoms with Crippen molar-refractivity contribution in [3.05, 3.63) is 53.6 Å². The lowest BCUT2D eigenvalue weighted by atomic mass is 9.70. The van der Waals surface area contributed by atoms with Crippen molar-refractivity contribution in [1.82, 2.24) is 0 Å². The molecule has 1 aromatic rings. The van der Waals surface area contributed by atoms with Gasteiger partial charge in [-0.3, -0.25) is 0 Å². The second kappa shape index (κ2) is 10.2. The minimum atomic E-state index is -2.37. The van der Waals surface area contributed by atoms with E-state index in [1.165, 1.54) is 63.4 Å². The van der Waals surface area contributed by atoms with Gasteiger partial charge in [0.15, 0.2) is 0 Å². The molecule has 27 heavy (non-hydrogen) atoms.